The molecule has 3 rings (SSSR count). The number of nitrogens with zero attached hydrogens (tertiary/aromatic N) is 1. The van der Waals surface area contributed by atoms with Crippen LogP contribution in [0.2, 0.25) is 0 Å². The highest BCUT2D eigenvalue weighted by Crippen LogP contribution is 2.40. The maximum absolute atomic E-state index is 6.22. The summed E-state index contributed by atoms with van der Waals surface area (Å²) in [5.74, 6) is 0. The van der Waals surface area contributed by atoms with Crippen LogP contribution in [0, 0.1) is 0 Å². The van der Waals surface area contributed by atoms with Gasteiger partial charge in [-0.15, -0.1) is 11.3 Å². The van der Waals surface area contributed by atoms with E-state index in [-0.39, 0.29) is 6.04 Å². The Morgan fingerprint density at radius 1 is 1.22 bits per heavy atom. The molecule has 0 spiro atoms. The molecule has 1 aliphatic carbocycles. The number of rotatable bonds is 3. The second-order valence-electron chi connectivity index (χ2n) is 4.98. The fourth-order valence-electron chi connectivity index (χ4n) is 2.82. The van der Waals surface area contributed by atoms with E-state index in [0.29, 0.717) is 6.04 Å². The zero-order valence-corrected chi connectivity index (χ0v) is 11.4. The fourth-order valence-corrected chi connectivity index (χ4v) is 3.59. The quantitative estimate of drug-likeness (QED) is 0.915. The molecule has 2 N–H and O–H groups in total. The minimum atomic E-state index is 0.192. The van der Waals surface area contributed by atoms with E-state index in [4.69, 9.17) is 5.73 Å². The van der Waals surface area contributed by atoms with Gasteiger partial charge in [0.25, 0.3) is 0 Å². The molecule has 2 aromatic rings. The Kier molecular flexibility index (Phi) is 3.20. The molecule has 0 bridgehead atoms. The molecule has 0 aliphatic heterocycles. The lowest BCUT2D eigenvalue weighted by molar-refractivity contribution is 0.231. The normalized spacial score (nSPS) is 22.4. The summed E-state index contributed by atoms with van der Waals surface area (Å²) < 4.78 is 0. The maximum atomic E-state index is 6.22. The zero-order chi connectivity index (χ0) is 12.5. The Hall–Kier alpha value is -1.16. The van der Waals surface area contributed by atoms with Gasteiger partial charge in [-0.25, -0.2) is 0 Å². The SMILES string of the molecule is CN(Cc1cccs1)C1CC(N)c2ccccc21. The van der Waals surface area contributed by atoms with Crippen LogP contribution in [0.1, 0.15) is 34.5 Å². The monoisotopic (exact) mass is 258 g/mol. The molecule has 0 amide bonds. The Bertz CT molecular complexity index is 521. The van der Waals surface area contributed by atoms with Crippen molar-refractivity contribution in [2.24, 2.45) is 5.73 Å². The van der Waals surface area contributed by atoms with Crippen LogP contribution >= 0.6 is 11.3 Å². The molecule has 2 unspecified atom stereocenters. The molecule has 1 aliphatic rings. The maximum Gasteiger partial charge on any atom is 0.0370 e. The Morgan fingerprint density at radius 3 is 2.72 bits per heavy atom. The number of benzene rings is 1. The number of thiophene rings is 1. The Labute approximate surface area is 112 Å². The van der Waals surface area contributed by atoms with Crippen LogP contribution < -0.4 is 5.73 Å². The first-order valence-corrected chi connectivity index (χ1v) is 7.20. The lowest BCUT2D eigenvalue weighted by Gasteiger charge is -2.24. The smallest absolute Gasteiger partial charge is 0.0370 e. The lowest BCUT2D eigenvalue weighted by Crippen LogP contribution is -2.22. The lowest BCUT2D eigenvalue weighted by atomic mass is 10.1. The molecule has 18 heavy (non-hydrogen) atoms. The molecule has 3 heteroatoms. The third-order valence-electron chi connectivity index (χ3n) is 3.75. The van der Waals surface area contributed by atoms with Crippen LogP contribution in [0.3, 0.4) is 0 Å². The highest BCUT2D eigenvalue weighted by molar-refractivity contribution is 7.09. The molecule has 0 radical (unpaired) electrons. The van der Waals surface area contributed by atoms with Crippen LogP contribution in [0.4, 0.5) is 0 Å². The second kappa shape index (κ2) is 4.84. The largest absolute Gasteiger partial charge is 0.324 e. The molecular weight excluding hydrogens is 240 g/mol. The van der Waals surface area contributed by atoms with Gasteiger partial charge in [-0.2, -0.15) is 0 Å². The van der Waals surface area contributed by atoms with Crippen molar-refractivity contribution >= 4 is 11.3 Å². The summed E-state index contributed by atoms with van der Waals surface area (Å²) in [6.07, 6.45) is 1.03. The average Bonchev–Trinajstić information content (AvgIpc) is 2.98. The van der Waals surface area contributed by atoms with Crippen molar-refractivity contribution in [3.05, 3.63) is 57.8 Å². The molecule has 0 saturated carbocycles. The summed E-state index contributed by atoms with van der Waals surface area (Å²) >= 11 is 1.82. The summed E-state index contributed by atoms with van der Waals surface area (Å²) in [5.41, 5.74) is 8.95. The number of hydrogen-bond acceptors (Lipinski definition) is 3. The summed E-state index contributed by atoms with van der Waals surface area (Å²) in [5, 5.41) is 2.14. The van der Waals surface area contributed by atoms with Gasteiger partial charge in [0.1, 0.15) is 0 Å². The third kappa shape index (κ3) is 2.09. The van der Waals surface area contributed by atoms with Crippen LogP contribution in [0.15, 0.2) is 41.8 Å². The fraction of sp³-hybridized carbons (Fsp3) is 0.333. The number of fused-ring (bicyclic) bond motifs is 1. The third-order valence-corrected chi connectivity index (χ3v) is 4.61. The first-order valence-electron chi connectivity index (χ1n) is 6.32. The molecule has 1 heterocycles. The highest BCUT2D eigenvalue weighted by atomic mass is 32.1. The minimum Gasteiger partial charge on any atom is -0.324 e. The van der Waals surface area contributed by atoms with Crippen molar-refractivity contribution in [3.8, 4) is 0 Å². The standard InChI is InChI=1S/C15H18N2S/c1-17(10-11-5-4-8-18-11)15-9-14(16)12-6-2-3-7-13(12)15/h2-8,14-15H,9-10,16H2,1H3. The van der Waals surface area contributed by atoms with Crippen molar-refractivity contribution in [2.45, 2.75) is 25.0 Å². The molecule has 1 aromatic carbocycles. The van der Waals surface area contributed by atoms with Gasteiger partial charge in [0.15, 0.2) is 0 Å². The summed E-state index contributed by atoms with van der Waals surface area (Å²) in [6, 6.07) is 13.5. The van der Waals surface area contributed by atoms with Crippen LogP contribution in [0.5, 0.6) is 0 Å². The first-order chi connectivity index (χ1) is 8.75. The van der Waals surface area contributed by atoms with E-state index in [0.717, 1.165) is 13.0 Å². The second-order valence-corrected chi connectivity index (χ2v) is 6.01. The van der Waals surface area contributed by atoms with Crippen LogP contribution in [-0.2, 0) is 6.54 Å². The predicted octanol–water partition coefficient (Wildman–Crippen LogP) is 3.32. The van der Waals surface area contributed by atoms with Gasteiger partial charge in [-0.1, -0.05) is 30.3 Å². The molecule has 0 saturated heterocycles. The number of nitrogens with two attached hydrogens (primary N) is 1. The molecular formula is C15H18N2S. The average molecular weight is 258 g/mol. The van der Waals surface area contributed by atoms with Gasteiger partial charge in [0, 0.05) is 23.5 Å². The summed E-state index contributed by atoms with van der Waals surface area (Å²) in [7, 11) is 2.19. The van der Waals surface area contributed by atoms with E-state index < -0.39 is 0 Å². The Balaban J connectivity index is 1.82. The van der Waals surface area contributed by atoms with Gasteiger partial charge in [-0.3, -0.25) is 4.90 Å². The highest BCUT2D eigenvalue weighted by Gasteiger charge is 2.30. The van der Waals surface area contributed by atoms with Crippen LogP contribution in [-0.4, -0.2) is 11.9 Å². The van der Waals surface area contributed by atoms with E-state index in [2.05, 4.69) is 53.7 Å². The molecule has 1 aromatic heterocycles. The minimum absolute atomic E-state index is 0.192. The van der Waals surface area contributed by atoms with Gasteiger partial charge in [0.2, 0.25) is 0 Å². The first kappa shape index (κ1) is 11.9. The molecule has 2 atom stereocenters. The van der Waals surface area contributed by atoms with Gasteiger partial charge in [0.05, 0.1) is 0 Å². The van der Waals surface area contributed by atoms with Crippen molar-refractivity contribution in [1.29, 1.82) is 0 Å². The van der Waals surface area contributed by atoms with E-state index in [1.807, 2.05) is 11.3 Å². The zero-order valence-electron chi connectivity index (χ0n) is 10.5. The van der Waals surface area contributed by atoms with Gasteiger partial charge < -0.3 is 5.73 Å². The van der Waals surface area contributed by atoms with Crippen molar-refractivity contribution < 1.29 is 0 Å². The van der Waals surface area contributed by atoms with E-state index in [1.54, 1.807) is 0 Å². The summed E-state index contributed by atoms with van der Waals surface area (Å²) in [6.45, 7) is 1.00. The van der Waals surface area contributed by atoms with E-state index in [9.17, 15) is 0 Å². The number of hydrogen-bond donors (Lipinski definition) is 1. The Morgan fingerprint density at radius 2 is 2.00 bits per heavy atom. The molecule has 94 valence electrons. The van der Waals surface area contributed by atoms with Crippen LogP contribution in [0.25, 0.3) is 0 Å². The van der Waals surface area contributed by atoms with Gasteiger partial charge >= 0.3 is 0 Å². The van der Waals surface area contributed by atoms with E-state index >= 15 is 0 Å². The predicted molar refractivity (Wildman–Crippen MR) is 76.5 cm³/mol. The van der Waals surface area contributed by atoms with Crippen molar-refractivity contribution in [3.63, 3.8) is 0 Å². The van der Waals surface area contributed by atoms with E-state index in [1.165, 1.54) is 16.0 Å². The van der Waals surface area contributed by atoms with Gasteiger partial charge in [-0.05, 0) is 36.0 Å². The topological polar surface area (TPSA) is 29.3 Å². The summed E-state index contributed by atoms with van der Waals surface area (Å²) in [4.78, 5) is 3.83. The van der Waals surface area contributed by atoms with Crippen molar-refractivity contribution in [1.82, 2.24) is 4.90 Å². The van der Waals surface area contributed by atoms with Crippen molar-refractivity contribution in [2.75, 3.05) is 7.05 Å². The molecule has 2 nitrogen and oxygen atoms in total. The molecule has 0 fully saturated rings.